The van der Waals surface area contributed by atoms with Crippen molar-refractivity contribution in [3.8, 4) is 0 Å². The zero-order chi connectivity index (χ0) is 19.2. The van der Waals surface area contributed by atoms with E-state index in [2.05, 4.69) is 13.8 Å². The average molecular weight is 383 g/mol. The van der Waals surface area contributed by atoms with Crippen LogP contribution in [0.1, 0.15) is 49.9 Å². The summed E-state index contributed by atoms with van der Waals surface area (Å²) in [4.78, 5) is 15.0. The van der Waals surface area contributed by atoms with E-state index in [0.717, 1.165) is 25.7 Å². The van der Waals surface area contributed by atoms with Crippen LogP contribution in [0.3, 0.4) is 0 Å². The summed E-state index contributed by atoms with van der Waals surface area (Å²) in [6.45, 7) is 6.27. The van der Waals surface area contributed by atoms with Gasteiger partial charge in [0.25, 0.3) is 5.91 Å². The van der Waals surface area contributed by atoms with Crippen LogP contribution in [0.15, 0.2) is 29.2 Å². The van der Waals surface area contributed by atoms with Gasteiger partial charge in [-0.05, 0) is 49.9 Å². The van der Waals surface area contributed by atoms with E-state index in [-0.39, 0.29) is 16.8 Å². The number of rotatable bonds is 9. The van der Waals surface area contributed by atoms with E-state index in [9.17, 15) is 13.2 Å². The van der Waals surface area contributed by atoms with Crippen LogP contribution >= 0.6 is 0 Å². The van der Waals surface area contributed by atoms with Crippen molar-refractivity contribution in [2.45, 2.75) is 50.5 Å². The van der Waals surface area contributed by atoms with Crippen LogP contribution in [0.25, 0.3) is 0 Å². The van der Waals surface area contributed by atoms with Crippen LogP contribution in [0, 0.1) is 0 Å². The van der Waals surface area contributed by atoms with E-state index in [4.69, 9.17) is 4.74 Å². The molecule has 0 bridgehead atoms. The van der Waals surface area contributed by atoms with Crippen molar-refractivity contribution in [1.82, 2.24) is 9.21 Å². The molecule has 1 aromatic carbocycles. The van der Waals surface area contributed by atoms with Gasteiger partial charge in [0.05, 0.1) is 11.5 Å². The predicted molar refractivity (Wildman–Crippen MR) is 102 cm³/mol. The number of carbonyl (C=O) groups is 1. The van der Waals surface area contributed by atoms with Gasteiger partial charge in [0, 0.05) is 38.3 Å². The first kappa shape index (κ1) is 20.9. The summed E-state index contributed by atoms with van der Waals surface area (Å²) in [5, 5.41) is 0. The highest BCUT2D eigenvalue weighted by Gasteiger charge is 2.28. The standard InChI is InChI=1S/C19H30N2O4S/c1-4-17(5-2)21(14-15-25-3)19(22)16-8-10-18(11-9-16)26(23,24)20-12-6-7-13-20/h8-11,17H,4-7,12-15H2,1-3H3. The monoisotopic (exact) mass is 382 g/mol. The molecule has 1 aliphatic heterocycles. The molecule has 0 aromatic heterocycles. The minimum absolute atomic E-state index is 0.0825. The fourth-order valence-electron chi connectivity index (χ4n) is 3.38. The molecule has 26 heavy (non-hydrogen) atoms. The van der Waals surface area contributed by atoms with Gasteiger partial charge in [-0.25, -0.2) is 8.42 Å². The third-order valence-electron chi connectivity index (χ3n) is 4.98. The quantitative estimate of drug-likeness (QED) is 0.659. The number of carbonyl (C=O) groups excluding carboxylic acids is 1. The van der Waals surface area contributed by atoms with Gasteiger partial charge in [0.1, 0.15) is 0 Å². The maximum Gasteiger partial charge on any atom is 0.254 e. The smallest absolute Gasteiger partial charge is 0.254 e. The number of benzene rings is 1. The number of ether oxygens (including phenoxy) is 1. The number of amides is 1. The predicted octanol–water partition coefficient (Wildman–Crippen LogP) is 2.75. The van der Waals surface area contributed by atoms with Gasteiger partial charge in [-0.3, -0.25) is 4.79 Å². The van der Waals surface area contributed by atoms with E-state index in [0.29, 0.717) is 31.8 Å². The van der Waals surface area contributed by atoms with E-state index < -0.39 is 10.0 Å². The van der Waals surface area contributed by atoms with Gasteiger partial charge in [0.15, 0.2) is 0 Å². The molecule has 0 N–H and O–H groups in total. The normalized spacial score (nSPS) is 15.5. The molecule has 2 rings (SSSR count). The van der Waals surface area contributed by atoms with Gasteiger partial charge in [-0.2, -0.15) is 4.31 Å². The van der Waals surface area contributed by atoms with Crippen molar-refractivity contribution < 1.29 is 17.9 Å². The topological polar surface area (TPSA) is 66.9 Å². The highest BCUT2D eigenvalue weighted by molar-refractivity contribution is 7.89. The van der Waals surface area contributed by atoms with Crippen molar-refractivity contribution in [2.24, 2.45) is 0 Å². The number of sulfonamides is 1. The second-order valence-corrected chi connectivity index (χ2v) is 8.54. The Labute approximate surface area is 157 Å². The molecular formula is C19H30N2O4S. The molecule has 0 aliphatic carbocycles. The molecule has 0 spiro atoms. The first-order valence-electron chi connectivity index (χ1n) is 9.35. The molecule has 1 heterocycles. The summed E-state index contributed by atoms with van der Waals surface area (Å²) >= 11 is 0. The molecule has 0 radical (unpaired) electrons. The first-order chi connectivity index (χ1) is 12.5. The fraction of sp³-hybridized carbons (Fsp3) is 0.632. The highest BCUT2D eigenvalue weighted by Crippen LogP contribution is 2.22. The minimum atomic E-state index is -3.45. The molecule has 0 unspecified atom stereocenters. The summed E-state index contributed by atoms with van der Waals surface area (Å²) in [6, 6.07) is 6.47. The van der Waals surface area contributed by atoms with Crippen LogP contribution < -0.4 is 0 Å². The zero-order valence-corrected chi connectivity index (χ0v) is 16.8. The Hall–Kier alpha value is -1.44. The third-order valence-corrected chi connectivity index (χ3v) is 6.90. The first-order valence-corrected chi connectivity index (χ1v) is 10.8. The fourth-order valence-corrected chi connectivity index (χ4v) is 4.90. The number of methoxy groups -OCH3 is 1. The Morgan fingerprint density at radius 3 is 2.23 bits per heavy atom. The Morgan fingerprint density at radius 1 is 1.15 bits per heavy atom. The zero-order valence-electron chi connectivity index (χ0n) is 16.0. The largest absolute Gasteiger partial charge is 0.383 e. The molecule has 146 valence electrons. The molecule has 6 nitrogen and oxygen atoms in total. The maximum atomic E-state index is 12.9. The van der Waals surface area contributed by atoms with Crippen molar-refractivity contribution in [3.05, 3.63) is 29.8 Å². The van der Waals surface area contributed by atoms with E-state index in [1.165, 1.54) is 4.31 Å². The Bertz CT molecular complexity index is 678. The summed E-state index contributed by atoms with van der Waals surface area (Å²) in [5.41, 5.74) is 0.508. The Morgan fingerprint density at radius 2 is 1.73 bits per heavy atom. The molecule has 0 saturated carbocycles. The van der Waals surface area contributed by atoms with Crippen LogP contribution in [-0.4, -0.2) is 62.9 Å². The molecular weight excluding hydrogens is 352 g/mol. The Kier molecular flexibility index (Phi) is 7.61. The molecule has 1 aromatic rings. The lowest BCUT2D eigenvalue weighted by molar-refractivity contribution is 0.0589. The molecule has 0 atom stereocenters. The average Bonchev–Trinajstić information content (AvgIpc) is 3.20. The van der Waals surface area contributed by atoms with E-state index in [1.807, 2.05) is 4.90 Å². The van der Waals surface area contributed by atoms with Crippen molar-refractivity contribution >= 4 is 15.9 Å². The lowest BCUT2D eigenvalue weighted by Crippen LogP contribution is -2.41. The van der Waals surface area contributed by atoms with Crippen LogP contribution in [0.2, 0.25) is 0 Å². The van der Waals surface area contributed by atoms with Crippen molar-refractivity contribution in [2.75, 3.05) is 33.4 Å². The summed E-state index contributed by atoms with van der Waals surface area (Å²) in [6.07, 6.45) is 3.54. The maximum absolute atomic E-state index is 12.9. The molecule has 7 heteroatoms. The summed E-state index contributed by atoms with van der Waals surface area (Å²) in [7, 11) is -1.83. The van der Waals surface area contributed by atoms with Crippen LogP contribution in [0.4, 0.5) is 0 Å². The summed E-state index contributed by atoms with van der Waals surface area (Å²) in [5.74, 6) is -0.0825. The minimum Gasteiger partial charge on any atom is -0.383 e. The van der Waals surface area contributed by atoms with Crippen molar-refractivity contribution in [3.63, 3.8) is 0 Å². The third kappa shape index (κ3) is 4.64. The van der Waals surface area contributed by atoms with Crippen LogP contribution in [0.5, 0.6) is 0 Å². The second kappa shape index (κ2) is 9.48. The van der Waals surface area contributed by atoms with Gasteiger partial charge < -0.3 is 9.64 Å². The van der Waals surface area contributed by atoms with Gasteiger partial charge in [-0.15, -0.1) is 0 Å². The van der Waals surface area contributed by atoms with E-state index >= 15 is 0 Å². The van der Waals surface area contributed by atoms with Crippen LogP contribution in [-0.2, 0) is 14.8 Å². The second-order valence-electron chi connectivity index (χ2n) is 6.60. The number of hydrogen-bond donors (Lipinski definition) is 0. The SMILES string of the molecule is CCC(CC)N(CCOC)C(=O)c1ccc(S(=O)(=O)N2CCCC2)cc1. The lowest BCUT2D eigenvalue weighted by Gasteiger charge is -2.30. The van der Waals surface area contributed by atoms with Gasteiger partial charge >= 0.3 is 0 Å². The summed E-state index contributed by atoms with van der Waals surface area (Å²) < 4.78 is 31.9. The van der Waals surface area contributed by atoms with E-state index in [1.54, 1.807) is 31.4 Å². The van der Waals surface area contributed by atoms with Gasteiger partial charge in [0.2, 0.25) is 10.0 Å². The number of hydrogen-bond acceptors (Lipinski definition) is 4. The molecule has 1 fully saturated rings. The molecule has 1 amide bonds. The van der Waals surface area contributed by atoms with Gasteiger partial charge in [-0.1, -0.05) is 13.8 Å². The highest BCUT2D eigenvalue weighted by atomic mass is 32.2. The molecule has 1 aliphatic rings. The van der Waals surface area contributed by atoms with Crippen molar-refractivity contribution in [1.29, 1.82) is 0 Å². The lowest BCUT2D eigenvalue weighted by atomic mass is 10.1. The Balaban J connectivity index is 2.20. The number of nitrogens with zero attached hydrogens (tertiary/aromatic N) is 2. The molecule has 1 saturated heterocycles.